The standard InChI is InChI=1S/C30H31Cl3F3N3O4S/c1-3-4-14-37-29(41)27(16-20-8-6-5-7-9-20)38(18-21-10-12-25(32)26(33)15-21)28(40)19-39(44(2,42)43)22-11-13-24(31)23(17-22)30(34,35)36/h5-13,15,17,27H,3-4,14,16,18-19H2,1-2H3,(H,37,41)/t27-/m0/s1. The molecule has 0 radical (unpaired) electrons. The molecule has 0 aromatic heterocycles. The molecular weight excluding hydrogens is 662 g/mol. The van der Waals surface area contributed by atoms with Crippen molar-refractivity contribution in [3.05, 3.63) is 98.5 Å². The fourth-order valence-electron chi connectivity index (χ4n) is 4.39. The number of carbonyl (C=O) groups is 2. The maximum absolute atomic E-state index is 14.1. The highest BCUT2D eigenvalue weighted by Crippen LogP contribution is 2.37. The van der Waals surface area contributed by atoms with E-state index in [-0.39, 0.29) is 23.0 Å². The number of anilines is 1. The molecule has 3 rings (SSSR count). The van der Waals surface area contributed by atoms with E-state index in [0.29, 0.717) is 28.9 Å². The van der Waals surface area contributed by atoms with Gasteiger partial charge in [-0.1, -0.05) is 84.5 Å². The Morgan fingerprint density at radius 3 is 2.16 bits per heavy atom. The lowest BCUT2D eigenvalue weighted by molar-refractivity contribution is -0.140. The summed E-state index contributed by atoms with van der Waals surface area (Å²) in [6, 6.07) is 15.0. The summed E-state index contributed by atoms with van der Waals surface area (Å²) in [5.41, 5.74) is -0.465. The summed E-state index contributed by atoms with van der Waals surface area (Å²) in [4.78, 5) is 28.9. The topological polar surface area (TPSA) is 86.8 Å². The molecule has 3 aromatic rings. The zero-order chi connectivity index (χ0) is 32.7. The number of sulfonamides is 1. The van der Waals surface area contributed by atoms with Crippen LogP contribution in [0.4, 0.5) is 18.9 Å². The molecule has 44 heavy (non-hydrogen) atoms. The van der Waals surface area contributed by atoms with E-state index in [1.807, 2.05) is 6.92 Å². The lowest BCUT2D eigenvalue weighted by Gasteiger charge is -2.33. The third-order valence-corrected chi connectivity index (χ3v) is 8.87. The van der Waals surface area contributed by atoms with E-state index in [0.717, 1.165) is 30.4 Å². The summed E-state index contributed by atoms with van der Waals surface area (Å²) in [5.74, 6) is -1.32. The zero-order valence-corrected chi connectivity index (χ0v) is 27.0. The first-order valence-corrected chi connectivity index (χ1v) is 16.5. The molecule has 0 saturated carbocycles. The number of carbonyl (C=O) groups excluding carboxylic acids is 2. The SMILES string of the molecule is CCCCNC(=O)[C@H](Cc1ccccc1)N(Cc1ccc(Cl)c(Cl)c1)C(=O)CN(c1ccc(Cl)c(C(F)(F)F)c1)S(C)(=O)=O. The second-order valence-electron chi connectivity index (χ2n) is 10.1. The molecule has 0 spiro atoms. The minimum atomic E-state index is -4.88. The van der Waals surface area contributed by atoms with Crippen LogP contribution in [-0.2, 0) is 38.8 Å². The van der Waals surface area contributed by atoms with E-state index in [1.165, 1.54) is 17.0 Å². The number of alkyl halides is 3. The number of nitrogens with one attached hydrogen (secondary N) is 1. The number of amides is 2. The second kappa shape index (κ2) is 15.3. The Kier molecular flexibility index (Phi) is 12.4. The normalized spacial score (nSPS) is 12.5. The quantitative estimate of drug-likeness (QED) is 0.196. The summed E-state index contributed by atoms with van der Waals surface area (Å²) in [5, 5.41) is 2.67. The Labute approximate surface area is 269 Å². The molecule has 0 heterocycles. The van der Waals surface area contributed by atoms with E-state index >= 15 is 0 Å². The number of unbranched alkanes of at least 4 members (excludes halogenated alkanes) is 1. The number of nitrogens with zero attached hydrogens (tertiary/aromatic N) is 2. The maximum atomic E-state index is 14.1. The highest BCUT2D eigenvalue weighted by Gasteiger charge is 2.36. The van der Waals surface area contributed by atoms with Crippen LogP contribution in [0.2, 0.25) is 15.1 Å². The van der Waals surface area contributed by atoms with Crippen molar-refractivity contribution in [2.45, 2.75) is 44.9 Å². The van der Waals surface area contributed by atoms with Gasteiger partial charge in [-0.3, -0.25) is 13.9 Å². The minimum Gasteiger partial charge on any atom is -0.354 e. The smallest absolute Gasteiger partial charge is 0.354 e. The molecule has 7 nitrogen and oxygen atoms in total. The van der Waals surface area contributed by atoms with Crippen LogP contribution in [-0.4, -0.2) is 50.5 Å². The average Bonchev–Trinajstić information content (AvgIpc) is 2.95. The van der Waals surface area contributed by atoms with Gasteiger partial charge in [0, 0.05) is 19.5 Å². The first-order chi connectivity index (χ1) is 20.6. The van der Waals surface area contributed by atoms with Crippen LogP contribution >= 0.6 is 34.8 Å². The molecule has 1 atom stereocenters. The molecule has 238 valence electrons. The van der Waals surface area contributed by atoms with Gasteiger partial charge in [-0.25, -0.2) is 8.42 Å². The fraction of sp³-hybridized carbons (Fsp3) is 0.333. The van der Waals surface area contributed by atoms with E-state index in [2.05, 4.69) is 5.32 Å². The molecule has 14 heteroatoms. The largest absolute Gasteiger partial charge is 0.417 e. The van der Waals surface area contributed by atoms with Crippen molar-refractivity contribution in [1.82, 2.24) is 10.2 Å². The molecule has 1 N–H and O–H groups in total. The van der Waals surface area contributed by atoms with Gasteiger partial charge in [0.15, 0.2) is 0 Å². The molecule has 0 saturated heterocycles. The first-order valence-electron chi connectivity index (χ1n) is 13.5. The van der Waals surface area contributed by atoms with Crippen LogP contribution in [0.25, 0.3) is 0 Å². The van der Waals surface area contributed by atoms with Crippen LogP contribution in [0.15, 0.2) is 66.7 Å². The Morgan fingerprint density at radius 1 is 0.909 bits per heavy atom. The van der Waals surface area contributed by atoms with Gasteiger partial charge in [-0.15, -0.1) is 0 Å². The van der Waals surface area contributed by atoms with Gasteiger partial charge < -0.3 is 10.2 Å². The Hall–Kier alpha value is -2.99. The summed E-state index contributed by atoms with van der Waals surface area (Å²) >= 11 is 18.0. The van der Waals surface area contributed by atoms with Gasteiger partial charge in [0.1, 0.15) is 12.6 Å². The van der Waals surface area contributed by atoms with Gasteiger partial charge >= 0.3 is 6.18 Å². The van der Waals surface area contributed by atoms with Gasteiger partial charge in [-0.2, -0.15) is 13.2 Å². The van der Waals surface area contributed by atoms with Crippen LogP contribution in [0.1, 0.15) is 36.5 Å². The molecule has 0 unspecified atom stereocenters. The van der Waals surface area contributed by atoms with Crippen molar-refractivity contribution in [1.29, 1.82) is 0 Å². The van der Waals surface area contributed by atoms with Gasteiger partial charge in [0.25, 0.3) is 0 Å². The summed E-state index contributed by atoms with van der Waals surface area (Å²) < 4.78 is 67.2. The summed E-state index contributed by atoms with van der Waals surface area (Å²) in [6.45, 7) is 1.22. The zero-order valence-electron chi connectivity index (χ0n) is 23.9. The second-order valence-corrected chi connectivity index (χ2v) is 13.2. The van der Waals surface area contributed by atoms with Gasteiger partial charge in [-0.05, 0) is 47.9 Å². The van der Waals surface area contributed by atoms with Gasteiger partial charge in [0.2, 0.25) is 21.8 Å². The van der Waals surface area contributed by atoms with Crippen LogP contribution in [0.3, 0.4) is 0 Å². The Balaban J connectivity index is 2.10. The van der Waals surface area contributed by atoms with Crippen LogP contribution in [0.5, 0.6) is 0 Å². The highest BCUT2D eigenvalue weighted by atomic mass is 35.5. The highest BCUT2D eigenvalue weighted by molar-refractivity contribution is 7.92. The Morgan fingerprint density at radius 2 is 1.57 bits per heavy atom. The van der Waals surface area contributed by atoms with Crippen molar-refractivity contribution in [2.24, 2.45) is 0 Å². The lowest BCUT2D eigenvalue weighted by Crippen LogP contribution is -2.53. The van der Waals surface area contributed by atoms with Crippen molar-refractivity contribution in [3.63, 3.8) is 0 Å². The number of rotatable bonds is 13. The lowest BCUT2D eigenvalue weighted by atomic mass is 10.0. The van der Waals surface area contributed by atoms with E-state index in [4.69, 9.17) is 34.8 Å². The maximum Gasteiger partial charge on any atom is 0.417 e. The molecule has 0 aliphatic carbocycles. The van der Waals surface area contributed by atoms with Crippen LogP contribution < -0.4 is 9.62 Å². The minimum absolute atomic E-state index is 0.0733. The predicted octanol–water partition coefficient (Wildman–Crippen LogP) is 6.99. The number of hydrogen-bond acceptors (Lipinski definition) is 4. The number of hydrogen-bond donors (Lipinski definition) is 1. The first kappa shape index (κ1) is 35.5. The molecule has 3 aromatic carbocycles. The Bertz CT molecular complexity index is 1570. The molecule has 0 aliphatic rings. The van der Waals surface area contributed by atoms with Crippen molar-refractivity contribution in [3.8, 4) is 0 Å². The van der Waals surface area contributed by atoms with Crippen LogP contribution in [0, 0.1) is 0 Å². The van der Waals surface area contributed by atoms with Gasteiger partial charge in [0.05, 0.1) is 32.6 Å². The fourth-order valence-corrected chi connectivity index (χ4v) is 5.78. The number of halogens is 6. The molecular formula is C30H31Cl3F3N3O4S. The van der Waals surface area contributed by atoms with Crippen molar-refractivity contribution >= 4 is 62.3 Å². The summed E-state index contributed by atoms with van der Waals surface area (Å²) in [6.07, 6.45) is -2.55. The molecule has 0 fully saturated rings. The summed E-state index contributed by atoms with van der Waals surface area (Å²) in [7, 11) is -4.29. The van der Waals surface area contributed by atoms with E-state index in [9.17, 15) is 31.2 Å². The van der Waals surface area contributed by atoms with Crippen molar-refractivity contribution in [2.75, 3.05) is 23.7 Å². The molecule has 0 bridgehead atoms. The van der Waals surface area contributed by atoms with E-state index < -0.39 is 56.9 Å². The third kappa shape index (κ3) is 9.76. The van der Waals surface area contributed by atoms with Crippen molar-refractivity contribution < 1.29 is 31.2 Å². The predicted molar refractivity (Wildman–Crippen MR) is 168 cm³/mol. The monoisotopic (exact) mass is 691 g/mol. The molecule has 0 aliphatic heterocycles. The van der Waals surface area contributed by atoms with E-state index in [1.54, 1.807) is 36.4 Å². The third-order valence-electron chi connectivity index (χ3n) is 6.66. The average molecular weight is 693 g/mol. The molecule has 2 amide bonds. The number of benzene rings is 3.